The number of amides is 2. The van der Waals surface area contributed by atoms with E-state index in [0.717, 1.165) is 27.1 Å². The molecule has 0 heterocycles. The maximum Gasteiger partial charge on any atom is 0.417 e. The van der Waals surface area contributed by atoms with Crippen LogP contribution in [0.4, 0.5) is 9.59 Å². The van der Waals surface area contributed by atoms with Gasteiger partial charge in [-0.15, -0.1) is 0 Å². The maximum atomic E-state index is 12.0. The van der Waals surface area contributed by atoms with Crippen LogP contribution in [-0.4, -0.2) is 17.8 Å². The molecular weight excluding hydrogens is 330 g/mol. The van der Waals surface area contributed by atoms with Crippen molar-refractivity contribution in [3.8, 4) is 0 Å². The molecule has 0 bridgehead atoms. The number of carbonyl (C=O) groups is 2. The Morgan fingerprint density at radius 3 is 1.96 bits per heavy atom. The largest absolute Gasteiger partial charge is 0.444 e. The minimum atomic E-state index is -0.837. The zero-order valence-electron chi connectivity index (χ0n) is 15.0. The lowest BCUT2D eigenvalue weighted by molar-refractivity contribution is 0.0507. The number of hydrogen-bond donors (Lipinski definition) is 1. The fraction of sp³-hybridized carbons (Fsp3) is 0.238. The normalized spacial score (nSPS) is 11.3. The van der Waals surface area contributed by atoms with Crippen LogP contribution in [0.15, 0.2) is 54.6 Å². The van der Waals surface area contributed by atoms with E-state index in [-0.39, 0.29) is 6.61 Å². The molecule has 5 heteroatoms. The summed E-state index contributed by atoms with van der Waals surface area (Å²) in [5.41, 5.74) is 0.217. The number of hydrogen-bond acceptors (Lipinski definition) is 4. The SMILES string of the molecule is CC(C)(C)OC(=O)NC(=O)OCc1c2ccccc2cc2ccccc12. The minimum absolute atomic E-state index is 0.0521. The van der Waals surface area contributed by atoms with E-state index >= 15 is 0 Å². The van der Waals surface area contributed by atoms with Gasteiger partial charge in [-0.3, -0.25) is 0 Å². The second-order valence-corrected chi connectivity index (χ2v) is 7.00. The number of ether oxygens (including phenoxy) is 2. The molecule has 5 nitrogen and oxygen atoms in total. The van der Waals surface area contributed by atoms with Gasteiger partial charge in [0.15, 0.2) is 0 Å². The monoisotopic (exact) mass is 351 g/mol. The topological polar surface area (TPSA) is 64.6 Å². The summed E-state index contributed by atoms with van der Waals surface area (Å²) in [6, 6.07) is 18.0. The van der Waals surface area contributed by atoms with Gasteiger partial charge in [-0.05, 0) is 48.4 Å². The van der Waals surface area contributed by atoms with Crippen LogP contribution in [-0.2, 0) is 16.1 Å². The molecule has 0 fully saturated rings. The molecule has 0 atom stereocenters. The Morgan fingerprint density at radius 1 is 0.885 bits per heavy atom. The average Bonchev–Trinajstić information content (AvgIpc) is 2.56. The molecule has 0 aliphatic heterocycles. The highest BCUT2D eigenvalue weighted by Crippen LogP contribution is 2.29. The van der Waals surface area contributed by atoms with E-state index < -0.39 is 17.8 Å². The van der Waals surface area contributed by atoms with Crippen molar-refractivity contribution in [2.75, 3.05) is 0 Å². The molecule has 3 aromatic rings. The summed E-state index contributed by atoms with van der Waals surface area (Å²) in [5, 5.41) is 6.24. The predicted octanol–water partition coefficient (Wildman–Crippen LogP) is 5.15. The highest BCUT2D eigenvalue weighted by atomic mass is 16.6. The lowest BCUT2D eigenvalue weighted by atomic mass is 9.97. The third-order valence-electron chi connectivity index (χ3n) is 3.83. The second-order valence-electron chi connectivity index (χ2n) is 7.00. The smallest absolute Gasteiger partial charge is 0.417 e. The Morgan fingerprint density at radius 2 is 1.42 bits per heavy atom. The lowest BCUT2D eigenvalue weighted by Crippen LogP contribution is -2.36. The van der Waals surface area contributed by atoms with Gasteiger partial charge >= 0.3 is 12.2 Å². The lowest BCUT2D eigenvalue weighted by Gasteiger charge is -2.19. The van der Waals surface area contributed by atoms with Crippen molar-refractivity contribution >= 4 is 33.7 Å². The quantitative estimate of drug-likeness (QED) is 0.648. The van der Waals surface area contributed by atoms with Crippen molar-refractivity contribution in [1.29, 1.82) is 0 Å². The number of fused-ring (bicyclic) bond motifs is 2. The van der Waals surface area contributed by atoms with Gasteiger partial charge in [0.1, 0.15) is 12.2 Å². The number of nitrogens with one attached hydrogen (secondary N) is 1. The van der Waals surface area contributed by atoms with Gasteiger partial charge in [0.05, 0.1) is 0 Å². The van der Waals surface area contributed by atoms with E-state index in [1.165, 1.54) is 0 Å². The molecule has 134 valence electrons. The summed E-state index contributed by atoms with van der Waals surface area (Å²) in [7, 11) is 0. The number of rotatable bonds is 2. The van der Waals surface area contributed by atoms with Crippen LogP contribution in [0.25, 0.3) is 21.5 Å². The molecule has 3 aromatic carbocycles. The third kappa shape index (κ3) is 4.11. The highest BCUT2D eigenvalue weighted by molar-refractivity contribution is 6.02. The van der Waals surface area contributed by atoms with Crippen LogP contribution >= 0.6 is 0 Å². The van der Waals surface area contributed by atoms with Gasteiger partial charge in [0, 0.05) is 5.56 Å². The van der Waals surface area contributed by atoms with Crippen molar-refractivity contribution in [2.45, 2.75) is 33.0 Å². The Kier molecular flexibility index (Phi) is 4.80. The van der Waals surface area contributed by atoms with Crippen molar-refractivity contribution in [3.05, 3.63) is 60.2 Å². The van der Waals surface area contributed by atoms with Crippen molar-refractivity contribution < 1.29 is 19.1 Å². The number of carbonyl (C=O) groups excluding carboxylic acids is 2. The summed E-state index contributed by atoms with van der Waals surface area (Å²) in [6.45, 7) is 5.22. The van der Waals surface area contributed by atoms with Crippen LogP contribution in [0.1, 0.15) is 26.3 Å². The standard InChI is InChI=1S/C21H21NO4/c1-21(2,3)26-20(24)22-19(23)25-13-18-16-10-6-4-8-14(16)12-15-9-5-7-11-17(15)18/h4-12H,13H2,1-3H3,(H,22,23,24). The summed E-state index contributed by atoms with van der Waals surface area (Å²) >= 11 is 0. The first-order chi connectivity index (χ1) is 12.3. The predicted molar refractivity (Wildman–Crippen MR) is 101 cm³/mol. The van der Waals surface area contributed by atoms with Crippen LogP contribution in [0.2, 0.25) is 0 Å². The molecule has 0 radical (unpaired) electrons. The first-order valence-corrected chi connectivity index (χ1v) is 8.39. The molecule has 3 rings (SSSR count). The molecule has 0 unspecified atom stereocenters. The van der Waals surface area contributed by atoms with Crippen LogP contribution in [0, 0.1) is 0 Å². The molecule has 2 amide bonds. The summed E-state index contributed by atoms with van der Waals surface area (Å²) in [4.78, 5) is 23.6. The van der Waals surface area contributed by atoms with Crippen molar-refractivity contribution in [2.24, 2.45) is 0 Å². The van der Waals surface area contributed by atoms with Gasteiger partial charge in [0.25, 0.3) is 0 Å². The molecule has 0 aliphatic rings. The second kappa shape index (κ2) is 7.04. The van der Waals surface area contributed by atoms with Crippen LogP contribution < -0.4 is 5.32 Å². The van der Waals surface area contributed by atoms with E-state index in [2.05, 4.69) is 11.4 Å². The van der Waals surface area contributed by atoms with Crippen LogP contribution in [0.5, 0.6) is 0 Å². The van der Waals surface area contributed by atoms with E-state index in [1.54, 1.807) is 20.8 Å². The summed E-state index contributed by atoms with van der Waals surface area (Å²) in [6.07, 6.45) is -1.67. The fourth-order valence-electron chi connectivity index (χ4n) is 2.82. The number of benzene rings is 3. The Labute approximate surface area is 151 Å². The van der Waals surface area contributed by atoms with Crippen molar-refractivity contribution in [1.82, 2.24) is 5.32 Å². The van der Waals surface area contributed by atoms with E-state index in [0.29, 0.717) is 0 Å². The van der Waals surface area contributed by atoms with Gasteiger partial charge in [0.2, 0.25) is 0 Å². The molecule has 0 saturated carbocycles. The van der Waals surface area contributed by atoms with E-state index in [9.17, 15) is 9.59 Å². The number of imide groups is 1. The summed E-state index contributed by atoms with van der Waals surface area (Å²) in [5.74, 6) is 0. The summed E-state index contributed by atoms with van der Waals surface area (Å²) < 4.78 is 10.3. The Bertz CT molecular complexity index is 919. The molecule has 0 aliphatic carbocycles. The van der Waals surface area contributed by atoms with Gasteiger partial charge in [-0.1, -0.05) is 48.5 Å². The van der Waals surface area contributed by atoms with Crippen molar-refractivity contribution in [3.63, 3.8) is 0 Å². The van der Waals surface area contributed by atoms with E-state index in [1.807, 2.05) is 48.5 Å². The molecule has 0 aromatic heterocycles. The zero-order chi connectivity index (χ0) is 18.7. The van der Waals surface area contributed by atoms with Gasteiger partial charge < -0.3 is 9.47 Å². The van der Waals surface area contributed by atoms with E-state index in [4.69, 9.17) is 9.47 Å². The molecule has 1 N–H and O–H groups in total. The third-order valence-corrected chi connectivity index (χ3v) is 3.83. The Hall–Kier alpha value is -3.08. The maximum absolute atomic E-state index is 12.0. The average molecular weight is 351 g/mol. The van der Waals surface area contributed by atoms with Gasteiger partial charge in [-0.2, -0.15) is 0 Å². The molecule has 0 spiro atoms. The first-order valence-electron chi connectivity index (χ1n) is 8.39. The zero-order valence-corrected chi connectivity index (χ0v) is 15.0. The molecule has 0 saturated heterocycles. The fourth-order valence-corrected chi connectivity index (χ4v) is 2.82. The molecule has 26 heavy (non-hydrogen) atoms. The van der Waals surface area contributed by atoms with Crippen LogP contribution in [0.3, 0.4) is 0 Å². The highest BCUT2D eigenvalue weighted by Gasteiger charge is 2.19. The first kappa shape index (κ1) is 17.7. The number of alkyl carbamates (subject to hydrolysis) is 2. The minimum Gasteiger partial charge on any atom is -0.444 e. The Balaban J connectivity index is 1.81. The van der Waals surface area contributed by atoms with Gasteiger partial charge in [-0.25, -0.2) is 14.9 Å². The molecular formula is C21H21NO4.